The summed E-state index contributed by atoms with van der Waals surface area (Å²) < 4.78 is 13.2. The molecule has 4 rings (SSSR count). The Morgan fingerprint density at radius 3 is 2.78 bits per heavy atom. The second kappa shape index (κ2) is 6.72. The van der Waals surface area contributed by atoms with Crippen molar-refractivity contribution < 1.29 is 14.3 Å². The van der Waals surface area contributed by atoms with Crippen LogP contribution in [0.1, 0.15) is 27.0 Å². The van der Waals surface area contributed by atoms with Crippen molar-refractivity contribution in [2.45, 2.75) is 12.8 Å². The summed E-state index contributed by atoms with van der Waals surface area (Å²) in [4.78, 5) is 18.2. The lowest BCUT2D eigenvalue weighted by Gasteiger charge is -2.19. The number of anilines is 2. The average Bonchev–Trinajstić information content (AvgIpc) is 3.09. The summed E-state index contributed by atoms with van der Waals surface area (Å²) in [5.74, 6) is -0.631. The largest absolute Gasteiger partial charge is 0.505 e. The summed E-state index contributed by atoms with van der Waals surface area (Å²) in [5.41, 5.74) is 9.72. The van der Waals surface area contributed by atoms with Crippen LogP contribution in [-0.4, -0.2) is 22.5 Å². The van der Waals surface area contributed by atoms with E-state index < -0.39 is 11.7 Å². The molecule has 5 nitrogen and oxygen atoms in total. The number of benzene rings is 2. The van der Waals surface area contributed by atoms with Gasteiger partial charge in [0.25, 0.3) is 0 Å². The van der Waals surface area contributed by atoms with Crippen LogP contribution in [0.4, 0.5) is 15.9 Å². The number of hydrogen-bond acceptors (Lipinski definition) is 4. The SMILES string of the molecule is NC(=O)c1cccc2c1CCN2c1cc(Cc2ccc(F)c(O)c2)ccn1. The highest BCUT2D eigenvalue weighted by molar-refractivity contribution is 5.96. The van der Waals surface area contributed by atoms with E-state index in [1.54, 1.807) is 18.3 Å². The molecule has 0 radical (unpaired) electrons. The van der Waals surface area contributed by atoms with E-state index in [4.69, 9.17) is 5.73 Å². The van der Waals surface area contributed by atoms with E-state index in [1.165, 1.54) is 12.1 Å². The van der Waals surface area contributed by atoms with Gasteiger partial charge in [0.15, 0.2) is 11.6 Å². The zero-order valence-corrected chi connectivity index (χ0v) is 14.5. The predicted molar refractivity (Wildman–Crippen MR) is 101 cm³/mol. The highest BCUT2D eigenvalue weighted by atomic mass is 19.1. The third kappa shape index (κ3) is 3.21. The third-order valence-electron chi connectivity index (χ3n) is 4.80. The van der Waals surface area contributed by atoms with Gasteiger partial charge in [0.2, 0.25) is 5.91 Å². The molecule has 6 heteroatoms. The Labute approximate surface area is 155 Å². The van der Waals surface area contributed by atoms with E-state index in [0.29, 0.717) is 18.5 Å². The van der Waals surface area contributed by atoms with Crippen LogP contribution in [0.15, 0.2) is 54.7 Å². The third-order valence-corrected chi connectivity index (χ3v) is 4.80. The molecule has 136 valence electrons. The maximum atomic E-state index is 13.2. The first-order valence-corrected chi connectivity index (χ1v) is 8.64. The molecule has 0 aliphatic carbocycles. The highest BCUT2D eigenvalue weighted by Crippen LogP contribution is 2.35. The van der Waals surface area contributed by atoms with Crippen molar-refractivity contribution in [3.05, 3.63) is 82.8 Å². The van der Waals surface area contributed by atoms with Crippen molar-refractivity contribution in [2.75, 3.05) is 11.4 Å². The topological polar surface area (TPSA) is 79.5 Å². The predicted octanol–water partition coefficient (Wildman–Crippen LogP) is 3.31. The number of nitrogens with zero attached hydrogens (tertiary/aromatic N) is 2. The van der Waals surface area contributed by atoms with Crippen molar-refractivity contribution in [3.63, 3.8) is 0 Å². The number of nitrogens with two attached hydrogens (primary N) is 1. The number of hydrogen-bond donors (Lipinski definition) is 2. The number of primary amides is 1. The van der Waals surface area contributed by atoms with Gasteiger partial charge >= 0.3 is 0 Å². The Kier molecular flexibility index (Phi) is 4.24. The van der Waals surface area contributed by atoms with Gasteiger partial charge in [0, 0.05) is 24.0 Å². The van der Waals surface area contributed by atoms with Crippen molar-refractivity contribution in [1.82, 2.24) is 4.98 Å². The minimum absolute atomic E-state index is 0.353. The number of carbonyl (C=O) groups is 1. The number of aromatic hydroxyl groups is 1. The maximum absolute atomic E-state index is 13.2. The molecule has 0 saturated carbocycles. The Bertz CT molecular complexity index is 1040. The normalized spacial score (nSPS) is 12.9. The monoisotopic (exact) mass is 363 g/mol. The lowest BCUT2D eigenvalue weighted by Crippen LogP contribution is -2.15. The molecule has 0 saturated heterocycles. The highest BCUT2D eigenvalue weighted by Gasteiger charge is 2.25. The van der Waals surface area contributed by atoms with E-state index in [1.807, 2.05) is 24.3 Å². The lowest BCUT2D eigenvalue weighted by atomic mass is 10.0. The number of phenols is 1. The number of amides is 1. The average molecular weight is 363 g/mol. The first kappa shape index (κ1) is 17.0. The van der Waals surface area contributed by atoms with Crippen LogP contribution in [0, 0.1) is 5.82 Å². The number of carbonyl (C=O) groups excluding carboxylic acids is 1. The summed E-state index contributed by atoms with van der Waals surface area (Å²) in [7, 11) is 0. The van der Waals surface area contributed by atoms with Crippen LogP contribution in [0.2, 0.25) is 0 Å². The number of halogens is 1. The van der Waals surface area contributed by atoms with Gasteiger partial charge in [-0.2, -0.15) is 0 Å². The van der Waals surface area contributed by atoms with Gasteiger partial charge in [0.1, 0.15) is 5.82 Å². The molecular formula is C21H18FN3O2. The summed E-state index contributed by atoms with van der Waals surface area (Å²) in [6.45, 7) is 0.716. The van der Waals surface area contributed by atoms with Crippen molar-refractivity contribution in [3.8, 4) is 5.75 Å². The summed E-state index contributed by atoms with van der Waals surface area (Å²) in [6, 6.07) is 13.7. The molecule has 0 unspecified atom stereocenters. The van der Waals surface area contributed by atoms with Gasteiger partial charge in [-0.1, -0.05) is 12.1 Å². The molecule has 1 aliphatic heterocycles. The molecule has 2 aromatic carbocycles. The van der Waals surface area contributed by atoms with Crippen LogP contribution in [-0.2, 0) is 12.8 Å². The molecule has 0 fully saturated rings. The molecular weight excluding hydrogens is 345 g/mol. The zero-order chi connectivity index (χ0) is 19.0. The first-order chi connectivity index (χ1) is 13.0. The van der Waals surface area contributed by atoms with E-state index in [9.17, 15) is 14.3 Å². The molecule has 0 bridgehead atoms. The van der Waals surface area contributed by atoms with Gasteiger partial charge in [-0.15, -0.1) is 0 Å². The minimum atomic E-state index is -0.631. The van der Waals surface area contributed by atoms with Gasteiger partial charge in [-0.05, 0) is 65.9 Å². The Balaban J connectivity index is 1.64. The van der Waals surface area contributed by atoms with Crippen LogP contribution < -0.4 is 10.6 Å². The molecule has 0 spiro atoms. The Morgan fingerprint density at radius 1 is 1.19 bits per heavy atom. The van der Waals surface area contributed by atoms with E-state index in [-0.39, 0.29) is 5.75 Å². The van der Waals surface area contributed by atoms with Gasteiger partial charge in [-0.3, -0.25) is 4.79 Å². The van der Waals surface area contributed by atoms with Crippen LogP contribution in [0.5, 0.6) is 5.75 Å². The second-order valence-electron chi connectivity index (χ2n) is 6.55. The quantitative estimate of drug-likeness (QED) is 0.745. The van der Waals surface area contributed by atoms with Crippen molar-refractivity contribution in [1.29, 1.82) is 0 Å². The molecule has 1 aromatic heterocycles. The molecule has 3 N–H and O–H groups in total. The number of pyridine rings is 1. The van der Waals surface area contributed by atoms with Crippen molar-refractivity contribution >= 4 is 17.4 Å². The van der Waals surface area contributed by atoms with Gasteiger partial charge in [-0.25, -0.2) is 9.37 Å². The van der Waals surface area contributed by atoms with Gasteiger partial charge in [0.05, 0.1) is 0 Å². The number of aromatic nitrogens is 1. The van der Waals surface area contributed by atoms with E-state index in [0.717, 1.165) is 34.6 Å². The summed E-state index contributed by atoms with van der Waals surface area (Å²) in [5, 5.41) is 9.55. The van der Waals surface area contributed by atoms with Crippen LogP contribution >= 0.6 is 0 Å². The fraction of sp³-hybridized carbons (Fsp3) is 0.143. The lowest BCUT2D eigenvalue weighted by molar-refractivity contribution is 0.0999. The minimum Gasteiger partial charge on any atom is -0.505 e. The fourth-order valence-electron chi connectivity index (χ4n) is 3.53. The van der Waals surface area contributed by atoms with Gasteiger partial charge < -0.3 is 15.7 Å². The smallest absolute Gasteiger partial charge is 0.249 e. The molecule has 27 heavy (non-hydrogen) atoms. The Morgan fingerprint density at radius 2 is 2.00 bits per heavy atom. The van der Waals surface area contributed by atoms with E-state index in [2.05, 4.69) is 9.88 Å². The molecule has 0 atom stereocenters. The van der Waals surface area contributed by atoms with Crippen molar-refractivity contribution in [2.24, 2.45) is 5.73 Å². The molecule has 3 aromatic rings. The first-order valence-electron chi connectivity index (χ1n) is 8.64. The number of phenolic OH excluding ortho intramolecular Hbond substituents is 1. The fourth-order valence-corrected chi connectivity index (χ4v) is 3.53. The zero-order valence-electron chi connectivity index (χ0n) is 14.5. The van der Waals surface area contributed by atoms with Crippen LogP contribution in [0.3, 0.4) is 0 Å². The second-order valence-corrected chi connectivity index (χ2v) is 6.55. The molecule has 2 heterocycles. The summed E-state index contributed by atoms with van der Waals surface area (Å²) >= 11 is 0. The maximum Gasteiger partial charge on any atom is 0.249 e. The standard InChI is InChI=1S/C21H18FN3O2/c22-17-5-4-13(11-19(17)26)10-14-6-8-24-20(12-14)25-9-7-15-16(21(23)27)2-1-3-18(15)25/h1-6,8,11-12,26H,7,9-10H2,(H2,23,27). The van der Waals surface area contributed by atoms with E-state index >= 15 is 0 Å². The molecule has 1 aliphatic rings. The Hall–Kier alpha value is -3.41. The summed E-state index contributed by atoms with van der Waals surface area (Å²) in [6.07, 6.45) is 3.00. The molecule has 1 amide bonds. The number of fused-ring (bicyclic) bond motifs is 1. The number of rotatable bonds is 4. The van der Waals surface area contributed by atoms with Crippen LogP contribution in [0.25, 0.3) is 0 Å².